The molecule has 24 heavy (non-hydrogen) atoms. The molecular formula is C14H28O10. The van der Waals surface area contributed by atoms with Gasteiger partial charge in [0.2, 0.25) is 0 Å². The topological polar surface area (TPSA) is 158 Å². The molecule has 10 heteroatoms. The van der Waals surface area contributed by atoms with Gasteiger partial charge in [0.1, 0.15) is 24.4 Å². The first-order valence-corrected chi connectivity index (χ1v) is 7.78. The molecule has 8 unspecified atom stereocenters. The van der Waals surface area contributed by atoms with Crippen molar-refractivity contribution in [3.63, 3.8) is 0 Å². The van der Waals surface area contributed by atoms with Crippen molar-refractivity contribution in [2.75, 3.05) is 26.4 Å². The largest absolute Gasteiger partial charge is 0.394 e. The number of aliphatic hydroxyl groups is 6. The van der Waals surface area contributed by atoms with E-state index in [0.29, 0.717) is 0 Å². The molecule has 1 aliphatic rings. The molecule has 0 aliphatic carbocycles. The molecule has 0 aromatic heterocycles. The van der Waals surface area contributed by atoms with E-state index in [2.05, 4.69) is 0 Å². The molecule has 6 N–H and O–H groups in total. The fourth-order valence-corrected chi connectivity index (χ4v) is 2.05. The monoisotopic (exact) mass is 356 g/mol. The van der Waals surface area contributed by atoms with Gasteiger partial charge >= 0.3 is 0 Å². The summed E-state index contributed by atoms with van der Waals surface area (Å²) in [7, 11) is 0. The summed E-state index contributed by atoms with van der Waals surface area (Å²) in [6.07, 6.45) is -8.19. The van der Waals surface area contributed by atoms with Gasteiger partial charge in [-0.3, -0.25) is 0 Å². The van der Waals surface area contributed by atoms with E-state index in [-0.39, 0.29) is 6.61 Å². The van der Waals surface area contributed by atoms with Gasteiger partial charge in [-0.2, -0.15) is 0 Å². The van der Waals surface area contributed by atoms with Crippen molar-refractivity contribution < 1.29 is 49.6 Å². The number of ether oxygens (including phenoxy) is 4. The Kier molecular flexibility index (Phi) is 9.52. The minimum Gasteiger partial charge on any atom is -0.394 e. The second-order valence-corrected chi connectivity index (χ2v) is 5.68. The molecule has 1 aliphatic heterocycles. The Morgan fingerprint density at radius 1 is 1.00 bits per heavy atom. The Bertz CT molecular complexity index is 342. The van der Waals surface area contributed by atoms with Crippen molar-refractivity contribution in [3.8, 4) is 0 Å². The number of hydrogen-bond acceptors (Lipinski definition) is 10. The molecule has 0 bridgehead atoms. The molecule has 10 nitrogen and oxygen atoms in total. The van der Waals surface area contributed by atoms with E-state index in [1.165, 1.54) is 6.92 Å². The molecule has 1 rings (SSSR count). The summed E-state index contributed by atoms with van der Waals surface area (Å²) in [5.74, 6) is 0. The molecular weight excluding hydrogens is 328 g/mol. The highest BCUT2D eigenvalue weighted by atomic mass is 16.8. The van der Waals surface area contributed by atoms with Crippen LogP contribution in [0, 0.1) is 0 Å². The van der Waals surface area contributed by atoms with E-state index in [1.54, 1.807) is 6.92 Å². The molecule has 0 radical (unpaired) electrons. The lowest BCUT2D eigenvalue weighted by molar-refractivity contribution is -0.265. The molecule has 1 heterocycles. The fraction of sp³-hybridized carbons (Fsp3) is 1.00. The molecule has 0 aromatic carbocycles. The van der Waals surface area contributed by atoms with Crippen molar-refractivity contribution in [1.29, 1.82) is 0 Å². The van der Waals surface area contributed by atoms with Gasteiger partial charge in [0.15, 0.2) is 12.6 Å². The summed E-state index contributed by atoms with van der Waals surface area (Å²) < 4.78 is 21.5. The normalized spacial score (nSPS) is 29.0. The summed E-state index contributed by atoms with van der Waals surface area (Å²) in [5, 5.41) is 56.0. The maximum absolute atomic E-state index is 9.81. The van der Waals surface area contributed by atoms with Gasteiger partial charge in [0.25, 0.3) is 0 Å². The zero-order chi connectivity index (χ0) is 18.3. The fourth-order valence-electron chi connectivity index (χ4n) is 2.05. The quantitative estimate of drug-likeness (QED) is 0.210. The predicted molar refractivity (Wildman–Crippen MR) is 78.8 cm³/mol. The SMILES string of the molecule is CC(O)C(CO)OC(OC(C)C1COC(C(O)CO)O1)C(O)CO. The number of hydrogen-bond donors (Lipinski definition) is 6. The van der Waals surface area contributed by atoms with E-state index in [1.807, 2.05) is 0 Å². The minimum absolute atomic E-state index is 0.0880. The first-order chi connectivity index (χ1) is 11.3. The highest BCUT2D eigenvalue weighted by Crippen LogP contribution is 2.21. The lowest BCUT2D eigenvalue weighted by Crippen LogP contribution is -2.45. The smallest absolute Gasteiger partial charge is 0.186 e. The molecule has 1 saturated heterocycles. The molecule has 0 spiro atoms. The van der Waals surface area contributed by atoms with Crippen LogP contribution in [0.3, 0.4) is 0 Å². The van der Waals surface area contributed by atoms with Crippen molar-refractivity contribution in [2.45, 2.75) is 63.1 Å². The number of aliphatic hydroxyl groups excluding tert-OH is 6. The molecule has 144 valence electrons. The highest BCUT2D eigenvalue weighted by Gasteiger charge is 2.37. The van der Waals surface area contributed by atoms with Crippen LogP contribution in [0.15, 0.2) is 0 Å². The maximum atomic E-state index is 9.81. The van der Waals surface area contributed by atoms with Crippen LogP contribution in [-0.2, 0) is 18.9 Å². The van der Waals surface area contributed by atoms with E-state index in [9.17, 15) is 20.4 Å². The van der Waals surface area contributed by atoms with Crippen molar-refractivity contribution >= 4 is 0 Å². The third-order valence-corrected chi connectivity index (χ3v) is 3.64. The standard InChI is InChI=1S/C14H28O10/c1-7(18)11(5-17)23-14(10(20)4-16)22-8(2)12-6-21-13(24-12)9(19)3-15/h7-20H,3-6H2,1-2H3. The third kappa shape index (κ3) is 6.15. The first kappa shape index (κ1) is 21.6. The van der Waals surface area contributed by atoms with Crippen LogP contribution >= 0.6 is 0 Å². The van der Waals surface area contributed by atoms with Crippen LogP contribution in [0.5, 0.6) is 0 Å². The van der Waals surface area contributed by atoms with Gasteiger partial charge in [-0.1, -0.05) is 0 Å². The van der Waals surface area contributed by atoms with Gasteiger partial charge in [0, 0.05) is 0 Å². The van der Waals surface area contributed by atoms with Gasteiger partial charge in [0.05, 0.1) is 38.6 Å². The lowest BCUT2D eigenvalue weighted by Gasteiger charge is -2.31. The molecule has 0 saturated carbocycles. The van der Waals surface area contributed by atoms with Crippen LogP contribution in [0.1, 0.15) is 13.8 Å². The Hall–Kier alpha value is -0.400. The summed E-state index contributed by atoms with van der Waals surface area (Å²) in [4.78, 5) is 0. The van der Waals surface area contributed by atoms with E-state index in [0.717, 1.165) is 0 Å². The van der Waals surface area contributed by atoms with Crippen LogP contribution in [-0.4, -0.2) is 106 Å². The summed E-state index contributed by atoms with van der Waals surface area (Å²) in [6, 6.07) is 0. The third-order valence-electron chi connectivity index (χ3n) is 3.64. The Morgan fingerprint density at radius 2 is 1.67 bits per heavy atom. The molecule has 0 aromatic rings. The second-order valence-electron chi connectivity index (χ2n) is 5.68. The van der Waals surface area contributed by atoms with Crippen molar-refractivity contribution in [3.05, 3.63) is 0 Å². The van der Waals surface area contributed by atoms with Gasteiger partial charge in [-0.15, -0.1) is 0 Å². The van der Waals surface area contributed by atoms with Crippen molar-refractivity contribution in [1.82, 2.24) is 0 Å². The van der Waals surface area contributed by atoms with Crippen LogP contribution in [0.4, 0.5) is 0 Å². The van der Waals surface area contributed by atoms with E-state index in [4.69, 9.17) is 29.2 Å². The minimum atomic E-state index is -1.40. The van der Waals surface area contributed by atoms with Gasteiger partial charge in [-0.05, 0) is 13.8 Å². The first-order valence-electron chi connectivity index (χ1n) is 7.78. The highest BCUT2D eigenvalue weighted by molar-refractivity contribution is 4.77. The van der Waals surface area contributed by atoms with Crippen LogP contribution < -0.4 is 0 Å². The second kappa shape index (κ2) is 10.6. The van der Waals surface area contributed by atoms with Crippen LogP contribution in [0.2, 0.25) is 0 Å². The van der Waals surface area contributed by atoms with E-state index < -0.39 is 69.0 Å². The van der Waals surface area contributed by atoms with Gasteiger partial charge in [-0.25, -0.2) is 0 Å². The Morgan fingerprint density at radius 3 is 2.17 bits per heavy atom. The summed E-state index contributed by atoms with van der Waals surface area (Å²) >= 11 is 0. The summed E-state index contributed by atoms with van der Waals surface area (Å²) in [5.41, 5.74) is 0. The zero-order valence-corrected chi connectivity index (χ0v) is 13.8. The summed E-state index contributed by atoms with van der Waals surface area (Å²) in [6.45, 7) is 1.43. The average Bonchev–Trinajstić information content (AvgIpc) is 3.06. The molecule has 8 atom stereocenters. The van der Waals surface area contributed by atoms with Crippen LogP contribution in [0.25, 0.3) is 0 Å². The lowest BCUT2D eigenvalue weighted by atomic mass is 10.2. The average molecular weight is 356 g/mol. The Labute approximate surface area is 140 Å². The zero-order valence-electron chi connectivity index (χ0n) is 13.8. The molecule has 1 fully saturated rings. The molecule has 0 amide bonds. The Balaban J connectivity index is 2.62. The maximum Gasteiger partial charge on any atom is 0.186 e. The van der Waals surface area contributed by atoms with E-state index >= 15 is 0 Å². The number of rotatable bonds is 11. The predicted octanol–water partition coefficient (Wildman–Crippen LogP) is -3.08. The van der Waals surface area contributed by atoms with Gasteiger partial charge < -0.3 is 49.6 Å². The van der Waals surface area contributed by atoms with Crippen molar-refractivity contribution in [2.24, 2.45) is 0 Å².